The summed E-state index contributed by atoms with van der Waals surface area (Å²) in [6.45, 7) is 0.815. The van der Waals surface area contributed by atoms with Crippen LogP contribution in [0.5, 0.6) is 0 Å². The predicted octanol–water partition coefficient (Wildman–Crippen LogP) is 0.955. The van der Waals surface area contributed by atoms with Gasteiger partial charge < -0.3 is 15.4 Å². The first kappa shape index (κ1) is 9.77. The maximum Gasteiger partial charge on any atom is 0.409 e. The second kappa shape index (κ2) is 3.77. The molecule has 0 aromatic heterocycles. The van der Waals surface area contributed by atoms with Crippen LogP contribution in [0.1, 0.15) is 25.7 Å². The average molecular weight is 198 g/mol. The van der Waals surface area contributed by atoms with Crippen molar-refractivity contribution in [1.82, 2.24) is 4.90 Å². The number of nitrogens with two attached hydrogens (primary N) is 1. The first-order valence-corrected chi connectivity index (χ1v) is 5.34. The topological polar surface area (TPSA) is 55.6 Å². The van der Waals surface area contributed by atoms with E-state index in [4.69, 9.17) is 10.5 Å². The van der Waals surface area contributed by atoms with Gasteiger partial charge in [0.15, 0.2) is 0 Å². The highest BCUT2D eigenvalue weighted by Gasteiger charge is 2.42. The van der Waals surface area contributed by atoms with Gasteiger partial charge in [0.2, 0.25) is 0 Å². The van der Waals surface area contributed by atoms with Gasteiger partial charge in [0.05, 0.1) is 7.11 Å². The molecule has 3 atom stereocenters. The molecule has 80 valence electrons. The largest absolute Gasteiger partial charge is 0.453 e. The summed E-state index contributed by atoms with van der Waals surface area (Å²) in [6, 6.07) is 0.620. The van der Waals surface area contributed by atoms with Crippen molar-refractivity contribution in [3.8, 4) is 0 Å². The highest BCUT2D eigenvalue weighted by atomic mass is 16.5. The smallest absolute Gasteiger partial charge is 0.409 e. The third-order valence-corrected chi connectivity index (χ3v) is 3.59. The summed E-state index contributed by atoms with van der Waals surface area (Å²) >= 11 is 0. The maximum absolute atomic E-state index is 11.4. The number of methoxy groups -OCH3 is 1. The van der Waals surface area contributed by atoms with E-state index in [-0.39, 0.29) is 12.1 Å². The van der Waals surface area contributed by atoms with E-state index in [9.17, 15) is 4.79 Å². The molecule has 0 aromatic carbocycles. The molecule has 0 unspecified atom stereocenters. The van der Waals surface area contributed by atoms with Gasteiger partial charge in [-0.2, -0.15) is 0 Å². The molecule has 0 aromatic rings. The molecule has 2 aliphatic rings. The molecule has 14 heavy (non-hydrogen) atoms. The fourth-order valence-corrected chi connectivity index (χ4v) is 2.87. The van der Waals surface area contributed by atoms with Crippen molar-refractivity contribution in [2.24, 2.45) is 11.7 Å². The number of hydrogen-bond acceptors (Lipinski definition) is 3. The van der Waals surface area contributed by atoms with Crippen LogP contribution in [0.25, 0.3) is 0 Å². The van der Waals surface area contributed by atoms with Crippen molar-refractivity contribution in [2.45, 2.75) is 37.8 Å². The third-order valence-electron chi connectivity index (χ3n) is 3.59. The number of hydrogen-bond donors (Lipinski definition) is 1. The zero-order chi connectivity index (χ0) is 10.1. The van der Waals surface area contributed by atoms with Crippen LogP contribution in [-0.2, 0) is 4.74 Å². The van der Waals surface area contributed by atoms with Crippen LogP contribution in [0.3, 0.4) is 0 Å². The minimum absolute atomic E-state index is 0.188. The summed E-state index contributed by atoms with van der Waals surface area (Å²) in [7, 11) is 1.44. The Balaban J connectivity index is 2.07. The molecule has 1 aliphatic heterocycles. The lowest BCUT2D eigenvalue weighted by molar-refractivity contribution is 0.103. The quantitative estimate of drug-likeness (QED) is 0.630. The minimum Gasteiger partial charge on any atom is -0.453 e. The number of nitrogens with zero attached hydrogens (tertiary/aromatic N) is 1. The number of likely N-dealkylation sites (tertiary alicyclic amines) is 1. The Morgan fingerprint density at radius 1 is 1.43 bits per heavy atom. The van der Waals surface area contributed by atoms with Crippen LogP contribution in [0.4, 0.5) is 4.79 Å². The fraction of sp³-hybridized carbons (Fsp3) is 0.900. The van der Waals surface area contributed by atoms with Crippen LogP contribution in [-0.4, -0.2) is 36.7 Å². The van der Waals surface area contributed by atoms with E-state index in [0.29, 0.717) is 12.0 Å². The molecule has 1 saturated heterocycles. The Kier molecular flexibility index (Phi) is 2.63. The number of fused-ring (bicyclic) bond motifs is 1. The van der Waals surface area contributed by atoms with Gasteiger partial charge in [0.1, 0.15) is 0 Å². The van der Waals surface area contributed by atoms with E-state index >= 15 is 0 Å². The van der Waals surface area contributed by atoms with Crippen molar-refractivity contribution in [2.75, 3.05) is 13.7 Å². The van der Waals surface area contributed by atoms with E-state index in [1.54, 1.807) is 0 Å². The molecule has 0 bridgehead atoms. The van der Waals surface area contributed by atoms with Gasteiger partial charge in [-0.15, -0.1) is 0 Å². The Bertz CT molecular complexity index is 232. The maximum atomic E-state index is 11.4. The molecule has 4 nitrogen and oxygen atoms in total. The van der Waals surface area contributed by atoms with Gasteiger partial charge in [-0.1, -0.05) is 0 Å². The predicted molar refractivity (Wildman–Crippen MR) is 52.8 cm³/mol. The average Bonchev–Trinajstić information content (AvgIpc) is 2.62. The van der Waals surface area contributed by atoms with Gasteiger partial charge in [-0.25, -0.2) is 4.79 Å². The van der Waals surface area contributed by atoms with Crippen molar-refractivity contribution in [3.63, 3.8) is 0 Å². The molecular weight excluding hydrogens is 180 g/mol. The van der Waals surface area contributed by atoms with Crippen molar-refractivity contribution in [1.29, 1.82) is 0 Å². The zero-order valence-electron chi connectivity index (χ0n) is 8.61. The summed E-state index contributed by atoms with van der Waals surface area (Å²) in [6.07, 6.45) is 4.19. The minimum atomic E-state index is -0.188. The third kappa shape index (κ3) is 1.47. The second-order valence-electron chi connectivity index (χ2n) is 4.28. The molecule has 1 amide bonds. The van der Waals surface area contributed by atoms with Crippen LogP contribution in [0.15, 0.2) is 0 Å². The number of carbonyl (C=O) groups is 1. The lowest BCUT2D eigenvalue weighted by Gasteiger charge is -2.34. The Morgan fingerprint density at radius 2 is 2.21 bits per heavy atom. The van der Waals surface area contributed by atoms with Gasteiger partial charge in [-0.05, 0) is 31.6 Å². The number of amides is 1. The van der Waals surface area contributed by atoms with Gasteiger partial charge in [0.25, 0.3) is 0 Å². The number of rotatable bonds is 0. The van der Waals surface area contributed by atoms with Crippen molar-refractivity contribution in [3.05, 3.63) is 0 Å². The summed E-state index contributed by atoms with van der Waals surface area (Å²) < 4.78 is 4.76. The molecule has 0 spiro atoms. The lowest BCUT2D eigenvalue weighted by atomic mass is 9.81. The van der Waals surface area contributed by atoms with Gasteiger partial charge in [0, 0.05) is 18.6 Å². The monoisotopic (exact) mass is 198 g/mol. The Labute approximate surface area is 84.4 Å². The first-order chi connectivity index (χ1) is 6.74. The highest BCUT2D eigenvalue weighted by molar-refractivity contribution is 5.68. The molecular formula is C10H18N2O2. The van der Waals surface area contributed by atoms with Gasteiger partial charge >= 0.3 is 6.09 Å². The van der Waals surface area contributed by atoms with Crippen LogP contribution in [0, 0.1) is 5.92 Å². The zero-order valence-corrected chi connectivity index (χ0v) is 8.61. The number of carbonyl (C=O) groups excluding carboxylic acids is 1. The molecule has 1 saturated carbocycles. The summed E-state index contributed by atoms with van der Waals surface area (Å²) in [4.78, 5) is 13.3. The standard InChI is InChI=1S/C10H18N2O2/c1-14-10(13)12-6-5-7-8(11)3-2-4-9(7)12/h7-9H,2-6,11H2,1H3/t7-,8-,9+/m0/s1. The number of ether oxygens (including phenoxy) is 1. The fourth-order valence-electron chi connectivity index (χ4n) is 2.87. The van der Waals surface area contributed by atoms with Crippen LogP contribution in [0.2, 0.25) is 0 Å². The Hall–Kier alpha value is -0.770. The first-order valence-electron chi connectivity index (χ1n) is 5.34. The highest BCUT2D eigenvalue weighted by Crippen LogP contribution is 2.35. The van der Waals surface area contributed by atoms with Crippen molar-refractivity contribution < 1.29 is 9.53 Å². The Morgan fingerprint density at radius 3 is 2.93 bits per heavy atom. The van der Waals surface area contributed by atoms with Gasteiger partial charge in [-0.3, -0.25) is 0 Å². The van der Waals surface area contributed by atoms with E-state index in [0.717, 1.165) is 32.2 Å². The molecule has 0 radical (unpaired) electrons. The molecule has 2 rings (SSSR count). The normalized spacial score (nSPS) is 36.7. The molecule has 2 N–H and O–H groups in total. The second-order valence-corrected chi connectivity index (χ2v) is 4.28. The van der Waals surface area contributed by atoms with Crippen LogP contribution < -0.4 is 5.73 Å². The summed E-state index contributed by atoms with van der Waals surface area (Å²) in [5.74, 6) is 0.503. The van der Waals surface area contributed by atoms with E-state index < -0.39 is 0 Å². The summed E-state index contributed by atoms with van der Waals surface area (Å²) in [5, 5.41) is 0. The SMILES string of the molecule is COC(=O)N1CC[C@@H]2[C@H]1CCC[C@@H]2N. The molecule has 1 aliphatic carbocycles. The van der Waals surface area contributed by atoms with Crippen LogP contribution >= 0.6 is 0 Å². The summed E-state index contributed by atoms with van der Waals surface area (Å²) in [5.41, 5.74) is 6.04. The molecule has 2 fully saturated rings. The lowest BCUT2D eigenvalue weighted by Crippen LogP contribution is -2.45. The van der Waals surface area contributed by atoms with E-state index in [2.05, 4.69) is 0 Å². The van der Waals surface area contributed by atoms with E-state index in [1.165, 1.54) is 7.11 Å². The molecule has 1 heterocycles. The van der Waals surface area contributed by atoms with E-state index in [1.807, 2.05) is 4.90 Å². The van der Waals surface area contributed by atoms with Crippen molar-refractivity contribution >= 4 is 6.09 Å². The molecule has 4 heteroatoms.